The molecule has 0 spiro atoms. The van der Waals surface area contributed by atoms with E-state index in [0.717, 1.165) is 25.8 Å². The number of carboxylic acids is 1. The van der Waals surface area contributed by atoms with Crippen molar-refractivity contribution in [3.05, 3.63) is 0 Å². The van der Waals surface area contributed by atoms with E-state index in [9.17, 15) is 9.59 Å². The van der Waals surface area contributed by atoms with Crippen LogP contribution in [0.25, 0.3) is 0 Å². The molecule has 2 N–H and O–H groups in total. The fraction of sp³-hybridized carbons (Fsp3) is 0.833. The molecule has 2 atom stereocenters. The van der Waals surface area contributed by atoms with Gasteiger partial charge in [-0.05, 0) is 32.7 Å². The molecular weight excluding hydrogens is 236 g/mol. The van der Waals surface area contributed by atoms with Crippen LogP contribution < -0.4 is 5.32 Å². The Morgan fingerprint density at radius 1 is 1.44 bits per heavy atom. The summed E-state index contributed by atoms with van der Waals surface area (Å²) < 4.78 is 5.15. The van der Waals surface area contributed by atoms with E-state index >= 15 is 0 Å². The van der Waals surface area contributed by atoms with Crippen LogP contribution in [0.3, 0.4) is 0 Å². The molecule has 2 aliphatic heterocycles. The molecule has 0 aromatic heterocycles. The largest absolute Gasteiger partial charge is 0.480 e. The van der Waals surface area contributed by atoms with Gasteiger partial charge in [-0.3, -0.25) is 4.79 Å². The Labute approximate surface area is 106 Å². The van der Waals surface area contributed by atoms with Crippen LogP contribution in [-0.4, -0.2) is 59.8 Å². The molecule has 2 saturated heterocycles. The van der Waals surface area contributed by atoms with Gasteiger partial charge in [0.25, 0.3) is 0 Å². The van der Waals surface area contributed by atoms with Gasteiger partial charge in [-0.15, -0.1) is 0 Å². The molecule has 0 bridgehead atoms. The lowest BCUT2D eigenvalue weighted by molar-refractivity contribution is -0.161. The summed E-state index contributed by atoms with van der Waals surface area (Å²) in [4.78, 5) is 25.1. The summed E-state index contributed by atoms with van der Waals surface area (Å²) in [5.74, 6) is -1.11. The Morgan fingerprint density at radius 3 is 2.83 bits per heavy atom. The first-order chi connectivity index (χ1) is 8.54. The maximum Gasteiger partial charge on any atom is 0.328 e. The average Bonchev–Trinajstić information content (AvgIpc) is 2.38. The van der Waals surface area contributed by atoms with Crippen LogP contribution in [0.1, 0.15) is 26.2 Å². The smallest absolute Gasteiger partial charge is 0.328 e. The summed E-state index contributed by atoms with van der Waals surface area (Å²) in [6.07, 6.45) is 2.82. The van der Waals surface area contributed by atoms with Crippen molar-refractivity contribution in [1.82, 2.24) is 10.2 Å². The van der Waals surface area contributed by atoms with Gasteiger partial charge in [-0.2, -0.15) is 0 Å². The molecule has 6 heteroatoms. The van der Waals surface area contributed by atoms with Crippen molar-refractivity contribution in [2.45, 2.75) is 37.8 Å². The Morgan fingerprint density at radius 2 is 2.22 bits per heavy atom. The predicted molar refractivity (Wildman–Crippen MR) is 64.2 cm³/mol. The maximum absolute atomic E-state index is 12.5. The van der Waals surface area contributed by atoms with E-state index in [1.807, 2.05) is 6.92 Å². The fourth-order valence-corrected chi connectivity index (χ4v) is 2.61. The van der Waals surface area contributed by atoms with Crippen LogP contribution in [0.2, 0.25) is 0 Å². The monoisotopic (exact) mass is 256 g/mol. The number of carboxylic acid groups (broad SMARTS) is 1. The van der Waals surface area contributed by atoms with Gasteiger partial charge >= 0.3 is 5.97 Å². The Kier molecular flexibility index (Phi) is 3.87. The standard InChI is InChI=1S/C12H20N2O4/c1-12(4-2-3-5-13-12)11(17)14-6-7-18-8-9(14)10(15)16/h9,13H,2-8H2,1H3,(H,15,16). The number of hydrogen-bond acceptors (Lipinski definition) is 4. The molecule has 2 unspecified atom stereocenters. The number of amides is 1. The summed E-state index contributed by atoms with van der Waals surface area (Å²) in [5.41, 5.74) is -0.622. The lowest BCUT2D eigenvalue weighted by Gasteiger charge is -2.41. The van der Waals surface area contributed by atoms with Crippen LogP contribution >= 0.6 is 0 Å². The number of ether oxygens (including phenoxy) is 1. The second-order valence-electron chi connectivity index (χ2n) is 5.14. The summed E-state index contributed by atoms with van der Waals surface area (Å²) in [6, 6.07) is -0.855. The van der Waals surface area contributed by atoms with Crippen molar-refractivity contribution in [3.8, 4) is 0 Å². The third kappa shape index (κ3) is 2.49. The molecule has 102 valence electrons. The number of hydrogen-bond donors (Lipinski definition) is 2. The quantitative estimate of drug-likeness (QED) is 0.717. The minimum atomic E-state index is -0.998. The molecule has 0 aliphatic carbocycles. The normalized spacial score (nSPS) is 33.2. The SMILES string of the molecule is CC1(C(=O)N2CCOCC2C(=O)O)CCCCN1. The molecule has 0 aromatic carbocycles. The second kappa shape index (κ2) is 5.24. The van der Waals surface area contributed by atoms with Crippen molar-refractivity contribution in [3.63, 3.8) is 0 Å². The molecule has 0 saturated carbocycles. The van der Waals surface area contributed by atoms with Gasteiger partial charge in [0.05, 0.1) is 18.8 Å². The maximum atomic E-state index is 12.5. The van der Waals surface area contributed by atoms with Gasteiger partial charge in [0.2, 0.25) is 5.91 Å². The molecule has 0 radical (unpaired) electrons. The molecule has 0 aromatic rings. The first-order valence-electron chi connectivity index (χ1n) is 6.41. The summed E-state index contributed by atoms with van der Waals surface area (Å²) >= 11 is 0. The highest BCUT2D eigenvalue weighted by molar-refractivity contribution is 5.90. The number of nitrogens with zero attached hydrogens (tertiary/aromatic N) is 1. The number of carbonyl (C=O) groups is 2. The number of rotatable bonds is 2. The highest BCUT2D eigenvalue weighted by atomic mass is 16.5. The summed E-state index contributed by atoms with van der Waals surface area (Å²) in [5, 5.41) is 12.4. The Bertz CT molecular complexity index is 339. The molecule has 2 aliphatic rings. The molecular formula is C12H20N2O4. The third-order valence-corrected chi connectivity index (χ3v) is 3.77. The molecule has 1 amide bonds. The number of morpholine rings is 1. The highest BCUT2D eigenvalue weighted by Gasteiger charge is 2.42. The molecule has 2 heterocycles. The summed E-state index contributed by atoms with van der Waals surface area (Å²) in [7, 11) is 0. The topological polar surface area (TPSA) is 78.9 Å². The number of carbonyl (C=O) groups excluding carboxylic acids is 1. The van der Waals surface area contributed by atoms with Crippen molar-refractivity contribution in [2.24, 2.45) is 0 Å². The zero-order chi connectivity index (χ0) is 13.2. The minimum Gasteiger partial charge on any atom is -0.480 e. The van der Waals surface area contributed by atoms with E-state index in [1.54, 1.807) is 0 Å². The van der Waals surface area contributed by atoms with Crippen LogP contribution in [0.15, 0.2) is 0 Å². The van der Waals surface area contributed by atoms with Crippen LogP contribution in [0.5, 0.6) is 0 Å². The minimum absolute atomic E-state index is 0.0805. The fourth-order valence-electron chi connectivity index (χ4n) is 2.61. The van der Waals surface area contributed by atoms with Crippen LogP contribution in [-0.2, 0) is 14.3 Å². The number of aliphatic carboxylic acids is 1. The van der Waals surface area contributed by atoms with E-state index in [4.69, 9.17) is 9.84 Å². The molecule has 18 heavy (non-hydrogen) atoms. The first kappa shape index (κ1) is 13.3. The lowest BCUT2D eigenvalue weighted by Crippen LogP contribution is -2.63. The van der Waals surface area contributed by atoms with Gasteiger partial charge in [-0.1, -0.05) is 0 Å². The summed E-state index contributed by atoms with van der Waals surface area (Å²) in [6.45, 7) is 3.52. The highest BCUT2D eigenvalue weighted by Crippen LogP contribution is 2.23. The number of nitrogens with one attached hydrogen (secondary N) is 1. The van der Waals surface area contributed by atoms with Gasteiger partial charge in [0, 0.05) is 6.54 Å². The van der Waals surface area contributed by atoms with E-state index in [0.29, 0.717) is 13.2 Å². The van der Waals surface area contributed by atoms with Gasteiger partial charge in [0.1, 0.15) is 0 Å². The molecule has 2 rings (SSSR count). The zero-order valence-electron chi connectivity index (χ0n) is 10.6. The zero-order valence-corrected chi connectivity index (χ0v) is 10.6. The molecule has 2 fully saturated rings. The van der Waals surface area contributed by atoms with Crippen LogP contribution in [0.4, 0.5) is 0 Å². The third-order valence-electron chi connectivity index (χ3n) is 3.77. The van der Waals surface area contributed by atoms with Crippen molar-refractivity contribution >= 4 is 11.9 Å². The predicted octanol–water partition coefficient (Wildman–Crippen LogP) is -0.169. The van der Waals surface area contributed by atoms with Crippen molar-refractivity contribution in [2.75, 3.05) is 26.3 Å². The average molecular weight is 256 g/mol. The Balaban J connectivity index is 2.12. The van der Waals surface area contributed by atoms with Gasteiger partial charge < -0.3 is 20.1 Å². The van der Waals surface area contributed by atoms with Crippen LogP contribution in [0, 0.1) is 0 Å². The van der Waals surface area contributed by atoms with E-state index in [2.05, 4.69) is 5.32 Å². The van der Waals surface area contributed by atoms with Gasteiger partial charge in [0.15, 0.2) is 6.04 Å². The van der Waals surface area contributed by atoms with E-state index < -0.39 is 17.6 Å². The lowest BCUT2D eigenvalue weighted by atomic mass is 9.89. The Hall–Kier alpha value is -1.14. The van der Waals surface area contributed by atoms with Gasteiger partial charge in [-0.25, -0.2) is 4.79 Å². The molecule has 6 nitrogen and oxygen atoms in total. The second-order valence-corrected chi connectivity index (χ2v) is 5.14. The number of piperidine rings is 1. The van der Waals surface area contributed by atoms with Crippen molar-refractivity contribution < 1.29 is 19.4 Å². The van der Waals surface area contributed by atoms with E-state index in [1.165, 1.54) is 4.90 Å². The first-order valence-corrected chi connectivity index (χ1v) is 6.41. The van der Waals surface area contributed by atoms with E-state index in [-0.39, 0.29) is 12.5 Å². The van der Waals surface area contributed by atoms with Crippen molar-refractivity contribution in [1.29, 1.82) is 0 Å².